The third-order valence-corrected chi connectivity index (χ3v) is 3.41. The van der Waals surface area contributed by atoms with Crippen molar-refractivity contribution in [1.82, 2.24) is 5.32 Å². The van der Waals surface area contributed by atoms with E-state index in [1.807, 2.05) is 39.0 Å². The standard InChI is InChI=1S/C14H18N2O2/c1-4-12-14(18)16(8-13(17)15-12)11-6-5-9(2)10(3)7-11/h5-7,12H,4,8H2,1-3H3,(H,15,17). The van der Waals surface area contributed by atoms with Crippen molar-refractivity contribution in [2.24, 2.45) is 0 Å². The molecule has 96 valence electrons. The fourth-order valence-corrected chi connectivity index (χ4v) is 2.10. The monoisotopic (exact) mass is 246 g/mol. The molecule has 1 aliphatic rings. The van der Waals surface area contributed by atoms with Gasteiger partial charge < -0.3 is 10.2 Å². The number of carbonyl (C=O) groups is 2. The van der Waals surface area contributed by atoms with Crippen molar-refractivity contribution in [3.8, 4) is 0 Å². The van der Waals surface area contributed by atoms with Crippen molar-refractivity contribution < 1.29 is 9.59 Å². The summed E-state index contributed by atoms with van der Waals surface area (Å²) in [6, 6.07) is 5.43. The molecule has 0 spiro atoms. The van der Waals surface area contributed by atoms with Gasteiger partial charge in [-0.1, -0.05) is 13.0 Å². The molecule has 18 heavy (non-hydrogen) atoms. The van der Waals surface area contributed by atoms with Gasteiger partial charge in [-0.3, -0.25) is 9.59 Å². The highest BCUT2D eigenvalue weighted by Gasteiger charge is 2.32. The molecular weight excluding hydrogens is 228 g/mol. The Morgan fingerprint density at radius 3 is 2.61 bits per heavy atom. The van der Waals surface area contributed by atoms with Crippen LogP contribution < -0.4 is 10.2 Å². The number of aryl methyl sites for hydroxylation is 2. The zero-order chi connectivity index (χ0) is 13.3. The van der Waals surface area contributed by atoms with Crippen LogP contribution >= 0.6 is 0 Å². The van der Waals surface area contributed by atoms with Gasteiger partial charge in [-0.15, -0.1) is 0 Å². The van der Waals surface area contributed by atoms with Crippen LogP contribution in [0.3, 0.4) is 0 Å². The molecule has 1 unspecified atom stereocenters. The number of anilines is 1. The topological polar surface area (TPSA) is 49.4 Å². The minimum absolute atomic E-state index is 0.0275. The van der Waals surface area contributed by atoms with Crippen LogP contribution in [0.4, 0.5) is 5.69 Å². The Morgan fingerprint density at radius 2 is 2.00 bits per heavy atom. The largest absolute Gasteiger partial charge is 0.343 e. The van der Waals surface area contributed by atoms with Crippen LogP contribution in [0, 0.1) is 13.8 Å². The number of nitrogens with zero attached hydrogens (tertiary/aromatic N) is 1. The molecule has 1 aromatic carbocycles. The summed E-state index contributed by atoms with van der Waals surface area (Å²) in [5, 5.41) is 2.71. The highest BCUT2D eigenvalue weighted by molar-refractivity contribution is 6.06. The minimum Gasteiger partial charge on any atom is -0.343 e. The predicted molar refractivity (Wildman–Crippen MR) is 70.5 cm³/mol. The SMILES string of the molecule is CCC1NC(=O)CN(c2ccc(C)c(C)c2)C1=O. The van der Waals surface area contributed by atoms with Crippen LogP contribution in [0.25, 0.3) is 0 Å². The fraction of sp³-hybridized carbons (Fsp3) is 0.429. The van der Waals surface area contributed by atoms with E-state index in [9.17, 15) is 9.59 Å². The first kappa shape index (κ1) is 12.6. The molecule has 1 saturated heterocycles. The Bertz CT molecular complexity index is 497. The van der Waals surface area contributed by atoms with Crippen LogP contribution in [-0.2, 0) is 9.59 Å². The maximum atomic E-state index is 12.2. The van der Waals surface area contributed by atoms with Crippen molar-refractivity contribution >= 4 is 17.5 Å². The Labute approximate surface area is 107 Å². The molecule has 0 radical (unpaired) electrons. The molecular formula is C14H18N2O2. The zero-order valence-corrected chi connectivity index (χ0v) is 11.0. The number of hydrogen-bond donors (Lipinski definition) is 1. The quantitative estimate of drug-likeness (QED) is 0.860. The molecule has 1 aliphatic heterocycles. The molecule has 1 aromatic rings. The number of hydrogen-bond acceptors (Lipinski definition) is 2. The molecule has 1 heterocycles. The summed E-state index contributed by atoms with van der Waals surface area (Å²) in [6.45, 7) is 6.04. The summed E-state index contributed by atoms with van der Waals surface area (Å²) in [4.78, 5) is 25.4. The van der Waals surface area contributed by atoms with Gasteiger partial charge in [0, 0.05) is 5.69 Å². The van der Waals surface area contributed by atoms with Gasteiger partial charge in [0.25, 0.3) is 0 Å². The first-order chi connectivity index (χ1) is 8.52. The minimum atomic E-state index is -0.396. The Hall–Kier alpha value is -1.84. The van der Waals surface area contributed by atoms with Gasteiger partial charge >= 0.3 is 0 Å². The van der Waals surface area contributed by atoms with Gasteiger partial charge in [0.15, 0.2) is 0 Å². The molecule has 2 amide bonds. The number of amides is 2. The molecule has 1 fully saturated rings. The van der Waals surface area contributed by atoms with E-state index in [1.165, 1.54) is 5.56 Å². The smallest absolute Gasteiger partial charge is 0.250 e. The molecule has 0 bridgehead atoms. The van der Waals surface area contributed by atoms with Crippen molar-refractivity contribution in [2.75, 3.05) is 11.4 Å². The molecule has 0 aliphatic carbocycles. The highest BCUT2D eigenvalue weighted by atomic mass is 16.2. The summed E-state index contributed by atoms with van der Waals surface area (Å²) >= 11 is 0. The van der Waals surface area contributed by atoms with Crippen LogP contribution in [0.1, 0.15) is 24.5 Å². The molecule has 0 saturated carbocycles. The van der Waals surface area contributed by atoms with Crippen LogP contribution in [0.5, 0.6) is 0 Å². The second-order valence-corrected chi connectivity index (χ2v) is 4.72. The maximum absolute atomic E-state index is 12.2. The van der Waals surface area contributed by atoms with Crippen LogP contribution in [0.2, 0.25) is 0 Å². The first-order valence-corrected chi connectivity index (χ1v) is 6.21. The van der Waals surface area contributed by atoms with Gasteiger partial charge in [0.1, 0.15) is 12.6 Å². The second-order valence-electron chi connectivity index (χ2n) is 4.72. The van der Waals surface area contributed by atoms with Gasteiger partial charge in [0.2, 0.25) is 11.8 Å². The summed E-state index contributed by atoms with van der Waals surface area (Å²) in [5.74, 6) is -0.125. The lowest BCUT2D eigenvalue weighted by Crippen LogP contribution is -2.58. The van der Waals surface area contributed by atoms with Gasteiger partial charge in [-0.05, 0) is 43.5 Å². The first-order valence-electron chi connectivity index (χ1n) is 6.21. The number of rotatable bonds is 2. The number of nitrogens with one attached hydrogen (secondary N) is 1. The van der Waals surface area contributed by atoms with Crippen molar-refractivity contribution in [3.05, 3.63) is 29.3 Å². The van der Waals surface area contributed by atoms with E-state index in [0.29, 0.717) is 6.42 Å². The van der Waals surface area contributed by atoms with Crippen molar-refractivity contribution in [3.63, 3.8) is 0 Å². The number of piperazine rings is 1. The lowest BCUT2D eigenvalue weighted by molar-refractivity contribution is -0.131. The van der Waals surface area contributed by atoms with E-state index >= 15 is 0 Å². The normalized spacial score (nSPS) is 19.9. The maximum Gasteiger partial charge on any atom is 0.250 e. The fourth-order valence-electron chi connectivity index (χ4n) is 2.10. The molecule has 4 nitrogen and oxygen atoms in total. The van der Waals surface area contributed by atoms with E-state index < -0.39 is 6.04 Å². The number of benzene rings is 1. The summed E-state index contributed by atoms with van der Waals surface area (Å²) < 4.78 is 0. The van der Waals surface area contributed by atoms with E-state index in [0.717, 1.165) is 11.3 Å². The van der Waals surface area contributed by atoms with Crippen molar-refractivity contribution in [2.45, 2.75) is 33.2 Å². The van der Waals surface area contributed by atoms with Gasteiger partial charge in [0.05, 0.1) is 0 Å². The van der Waals surface area contributed by atoms with E-state index in [2.05, 4.69) is 5.32 Å². The lowest BCUT2D eigenvalue weighted by Gasteiger charge is -2.32. The van der Waals surface area contributed by atoms with Crippen LogP contribution in [0.15, 0.2) is 18.2 Å². The zero-order valence-electron chi connectivity index (χ0n) is 11.0. The van der Waals surface area contributed by atoms with E-state index in [4.69, 9.17) is 0 Å². The summed E-state index contributed by atoms with van der Waals surface area (Å²) in [7, 11) is 0. The molecule has 1 atom stereocenters. The summed E-state index contributed by atoms with van der Waals surface area (Å²) in [6.07, 6.45) is 0.617. The third kappa shape index (κ3) is 2.23. The lowest BCUT2D eigenvalue weighted by atomic mass is 10.1. The van der Waals surface area contributed by atoms with E-state index in [-0.39, 0.29) is 18.4 Å². The Morgan fingerprint density at radius 1 is 1.28 bits per heavy atom. The Balaban J connectivity index is 2.33. The van der Waals surface area contributed by atoms with E-state index in [1.54, 1.807) is 4.90 Å². The Kier molecular flexibility index (Phi) is 3.36. The van der Waals surface area contributed by atoms with Crippen molar-refractivity contribution in [1.29, 1.82) is 0 Å². The average Bonchev–Trinajstić information content (AvgIpc) is 2.35. The average molecular weight is 246 g/mol. The predicted octanol–water partition coefficient (Wildman–Crippen LogP) is 1.54. The molecule has 1 N–H and O–H groups in total. The van der Waals surface area contributed by atoms with Crippen LogP contribution in [-0.4, -0.2) is 24.4 Å². The third-order valence-electron chi connectivity index (χ3n) is 3.41. The summed E-state index contributed by atoms with van der Waals surface area (Å²) in [5.41, 5.74) is 3.11. The van der Waals surface area contributed by atoms with Gasteiger partial charge in [-0.2, -0.15) is 0 Å². The second kappa shape index (κ2) is 4.80. The molecule has 0 aromatic heterocycles. The highest BCUT2D eigenvalue weighted by Crippen LogP contribution is 2.21. The van der Waals surface area contributed by atoms with Gasteiger partial charge in [-0.25, -0.2) is 0 Å². The molecule has 4 heteroatoms. The molecule has 2 rings (SSSR count). The number of carbonyl (C=O) groups excluding carboxylic acids is 2.